The Morgan fingerprint density at radius 1 is 0.260 bits per heavy atom. The molecular formula is C68H46N4O. The molecule has 0 amide bonds. The van der Waals surface area contributed by atoms with Gasteiger partial charge in [0.05, 0.1) is 16.7 Å². The van der Waals surface area contributed by atoms with E-state index in [0.29, 0.717) is 0 Å². The summed E-state index contributed by atoms with van der Waals surface area (Å²) < 4.78 is 8.84. The van der Waals surface area contributed by atoms with E-state index in [1.54, 1.807) is 0 Å². The van der Waals surface area contributed by atoms with Crippen molar-refractivity contribution in [2.45, 2.75) is 0 Å². The molecule has 0 aliphatic rings. The smallest absolute Gasteiger partial charge is 0.136 e. The Kier molecular flexibility index (Phi) is 10.1. The predicted molar refractivity (Wildman–Crippen MR) is 307 cm³/mol. The third-order valence-electron chi connectivity index (χ3n) is 14.2. The zero-order valence-electron chi connectivity index (χ0n) is 39.8. The number of hydrogen-bond acceptors (Lipinski definition) is 4. The highest BCUT2D eigenvalue weighted by molar-refractivity contribution is 6.17. The summed E-state index contributed by atoms with van der Waals surface area (Å²) in [5.74, 6) is 0. The van der Waals surface area contributed by atoms with Gasteiger partial charge >= 0.3 is 0 Å². The molecule has 73 heavy (non-hydrogen) atoms. The molecule has 0 aliphatic carbocycles. The van der Waals surface area contributed by atoms with Crippen LogP contribution in [-0.2, 0) is 0 Å². The molecule has 0 saturated heterocycles. The van der Waals surface area contributed by atoms with Crippen molar-refractivity contribution in [3.8, 4) is 5.69 Å². The Labute approximate surface area is 422 Å². The van der Waals surface area contributed by atoms with E-state index in [0.717, 1.165) is 95.2 Å². The van der Waals surface area contributed by atoms with Crippen LogP contribution in [0.5, 0.6) is 0 Å². The maximum Gasteiger partial charge on any atom is 0.136 e. The summed E-state index contributed by atoms with van der Waals surface area (Å²) in [6.45, 7) is 0. The number of rotatable bonds is 10. The van der Waals surface area contributed by atoms with E-state index in [4.69, 9.17) is 4.42 Å². The first-order chi connectivity index (χ1) is 36.2. The zero-order valence-corrected chi connectivity index (χ0v) is 39.8. The molecule has 0 N–H and O–H groups in total. The van der Waals surface area contributed by atoms with Gasteiger partial charge in [0, 0.05) is 72.7 Å². The molecule has 5 nitrogen and oxygen atoms in total. The minimum Gasteiger partial charge on any atom is -0.456 e. The van der Waals surface area contributed by atoms with Gasteiger partial charge in [0.15, 0.2) is 0 Å². The highest BCUT2D eigenvalue weighted by Crippen LogP contribution is 2.46. The summed E-state index contributed by atoms with van der Waals surface area (Å²) in [7, 11) is 0. The first-order valence-electron chi connectivity index (χ1n) is 24.8. The summed E-state index contributed by atoms with van der Waals surface area (Å²) in [6.07, 6.45) is 0. The molecular weight excluding hydrogens is 889 g/mol. The monoisotopic (exact) mass is 934 g/mol. The number of fused-ring (bicyclic) bond motifs is 9. The Balaban J connectivity index is 1.01. The van der Waals surface area contributed by atoms with Crippen LogP contribution in [0.2, 0.25) is 0 Å². The van der Waals surface area contributed by atoms with Gasteiger partial charge in [-0.1, -0.05) is 152 Å². The van der Waals surface area contributed by atoms with Crippen molar-refractivity contribution >= 4 is 116 Å². The summed E-state index contributed by atoms with van der Waals surface area (Å²) in [5, 5.41) is 9.26. The second kappa shape index (κ2) is 17.5. The van der Waals surface area contributed by atoms with Crippen molar-refractivity contribution < 1.29 is 4.42 Å². The Hall–Kier alpha value is -9.84. The number of nitrogens with zero attached hydrogens (tertiary/aromatic N) is 4. The minimum absolute atomic E-state index is 0.893. The number of para-hydroxylation sites is 7. The van der Waals surface area contributed by atoms with E-state index >= 15 is 0 Å². The average Bonchev–Trinajstić information content (AvgIpc) is 4.00. The second-order valence-corrected chi connectivity index (χ2v) is 18.6. The van der Waals surface area contributed by atoms with Crippen molar-refractivity contribution in [1.29, 1.82) is 0 Å². The third kappa shape index (κ3) is 7.25. The lowest BCUT2D eigenvalue weighted by atomic mass is 9.99. The minimum atomic E-state index is 0.893. The van der Waals surface area contributed by atoms with Crippen molar-refractivity contribution in [1.82, 2.24) is 4.57 Å². The first-order valence-corrected chi connectivity index (χ1v) is 24.8. The molecule has 0 spiro atoms. The lowest BCUT2D eigenvalue weighted by Crippen LogP contribution is -2.13. The maximum absolute atomic E-state index is 6.39. The fraction of sp³-hybridized carbons (Fsp3) is 0. The molecule has 0 bridgehead atoms. The summed E-state index contributed by atoms with van der Waals surface area (Å²) >= 11 is 0. The van der Waals surface area contributed by atoms with E-state index < -0.39 is 0 Å². The van der Waals surface area contributed by atoms with Crippen molar-refractivity contribution in [2.24, 2.45) is 0 Å². The first kappa shape index (κ1) is 42.1. The summed E-state index contributed by atoms with van der Waals surface area (Å²) in [4.78, 5) is 7.13. The van der Waals surface area contributed by atoms with Gasteiger partial charge in [0.25, 0.3) is 0 Å². The van der Waals surface area contributed by atoms with Crippen molar-refractivity contribution in [3.05, 3.63) is 279 Å². The standard InChI is InChI=1S/C68H46N4O/c1-5-20-49(21-6-1)69(50-22-7-2-8-23-50)53-28-17-29-54(43-53)70(57-41-40-47-38-39-48-42-67-63(46-62(48)61(47)45-57)59-33-14-16-37-66(59)73-67)55-30-18-31-56(44-55)72-64-35-15-13-32-58(64)60-34-19-36-65(68(60)72)71(51-24-9-3-10-25-51)52-26-11-4-12-27-52/h1-46H. The van der Waals surface area contributed by atoms with Crippen LogP contribution >= 0.6 is 0 Å². The highest BCUT2D eigenvalue weighted by Gasteiger charge is 2.23. The molecule has 2 heterocycles. The van der Waals surface area contributed by atoms with Crippen LogP contribution in [0.4, 0.5) is 51.2 Å². The largest absolute Gasteiger partial charge is 0.456 e. The summed E-state index contributed by atoms with van der Waals surface area (Å²) in [5.41, 5.74) is 14.7. The molecule has 0 radical (unpaired) electrons. The number of benzene rings is 12. The predicted octanol–water partition coefficient (Wildman–Crippen LogP) is 19.4. The van der Waals surface area contributed by atoms with Crippen LogP contribution in [-0.4, -0.2) is 4.57 Å². The Bertz CT molecular complexity index is 4260. The summed E-state index contributed by atoms with van der Waals surface area (Å²) in [6, 6.07) is 100. The molecule has 5 heteroatoms. The molecule has 2 aromatic heterocycles. The molecule has 14 rings (SSSR count). The van der Waals surface area contributed by atoms with Crippen molar-refractivity contribution in [2.75, 3.05) is 14.7 Å². The quantitative estimate of drug-likeness (QED) is 0.128. The van der Waals surface area contributed by atoms with Gasteiger partial charge in [-0.05, 0) is 149 Å². The van der Waals surface area contributed by atoms with Crippen LogP contribution in [0.25, 0.3) is 71.0 Å². The molecule has 0 unspecified atom stereocenters. The lowest BCUT2D eigenvalue weighted by molar-refractivity contribution is 0.669. The topological polar surface area (TPSA) is 27.8 Å². The van der Waals surface area contributed by atoms with E-state index in [9.17, 15) is 0 Å². The van der Waals surface area contributed by atoms with Gasteiger partial charge < -0.3 is 23.7 Å². The average molecular weight is 935 g/mol. The molecule has 14 aromatic rings. The van der Waals surface area contributed by atoms with Crippen LogP contribution in [0, 0.1) is 0 Å². The van der Waals surface area contributed by atoms with Gasteiger partial charge in [0.1, 0.15) is 11.2 Å². The van der Waals surface area contributed by atoms with Crippen LogP contribution in [0.1, 0.15) is 0 Å². The van der Waals surface area contributed by atoms with Gasteiger partial charge in [0.2, 0.25) is 0 Å². The molecule has 0 atom stereocenters. The molecule has 12 aromatic carbocycles. The number of aromatic nitrogens is 1. The Morgan fingerprint density at radius 2 is 0.740 bits per heavy atom. The van der Waals surface area contributed by atoms with Gasteiger partial charge in [-0.2, -0.15) is 0 Å². The normalized spacial score (nSPS) is 11.6. The van der Waals surface area contributed by atoms with Crippen LogP contribution in [0.3, 0.4) is 0 Å². The molecule has 0 aliphatic heterocycles. The molecule has 0 saturated carbocycles. The fourth-order valence-electron chi connectivity index (χ4n) is 11.0. The zero-order chi connectivity index (χ0) is 48.2. The van der Waals surface area contributed by atoms with Crippen molar-refractivity contribution in [3.63, 3.8) is 0 Å². The van der Waals surface area contributed by atoms with Gasteiger partial charge in [-0.15, -0.1) is 0 Å². The maximum atomic E-state index is 6.39. The van der Waals surface area contributed by atoms with Gasteiger partial charge in [-0.25, -0.2) is 0 Å². The number of anilines is 9. The van der Waals surface area contributed by atoms with E-state index in [1.165, 1.54) is 26.9 Å². The van der Waals surface area contributed by atoms with E-state index in [-0.39, 0.29) is 0 Å². The van der Waals surface area contributed by atoms with Crippen LogP contribution < -0.4 is 14.7 Å². The molecule has 0 fully saturated rings. The second-order valence-electron chi connectivity index (χ2n) is 18.6. The number of hydrogen-bond donors (Lipinski definition) is 0. The third-order valence-corrected chi connectivity index (χ3v) is 14.2. The highest BCUT2D eigenvalue weighted by atomic mass is 16.3. The fourth-order valence-corrected chi connectivity index (χ4v) is 11.0. The Morgan fingerprint density at radius 3 is 1.42 bits per heavy atom. The van der Waals surface area contributed by atoms with Gasteiger partial charge in [-0.3, -0.25) is 0 Å². The lowest BCUT2D eigenvalue weighted by Gasteiger charge is -2.30. The van der Waals surface area contributed by atoms with E-state index in [1.807, 2.05) is 6.07 Å². The van der Waals surface area contributed by atoms with Crippen LogP contribution in [0.15, 0.2) is 283 Å². The molecule has 344 valence electrons. The number of furan rings is 1. The SMILES string of the molecule is c1ccc(N(c2ccccc2)c2cccc(N(c3cccc(-n4c5ccccc5c5cccc(N(c6ccccc6)c6ccccc6)c54)c3)c3ccc4ccc5cc6oc7ccccc7c6cc5c4c3)c2)cc1. The van der Waals surface area contributed by atoms with E-state index in [2.05, 4.69) is 292 Å².